The van der Waals surface area contributed by atoms with Crippen LogP contribution in [0.3, 0.4) is 0 Å². The number of hydrogen-bond donors (Lipinski definition) is 3. The summed E-state index contributed by atoms with van der Waals surface area (Å²) in [6.07, 6.45) is -2.93. The van der Waals surface area contributed by atoms with Gasteiger partial charge in [-0.1, -0.05) is 11.8 Å². The number of phosphoric ester groups is 1. The molecule has 3 rings (SSSR count). The number of hydrogen-bond acceptors (Lipinski definition) is 15. The number of nitrogen functional groups attached to an aromatic ring is 1. The Hall–Kier alpha value is 1.84. The molecule has 1 fully saturated rings. The van der Waals surface area contributed by atoms with Crippen LogP contribution in [0.4, 0.5) is 5.82 Å². The largest absolute Gasteiger partial charge is 1.00 e. The van der Waals surface area contributed by atoms with E-state index in [1.807, 2.05) is 0 Å². The molecule has 3 heterocycles. The van der Waals surface area contributed by atoms with Gasteiger partial charge in [0, 0.05) is 0 Å². The smallest absolute Gasteiger partial charge is 0.790 e. The second-order valence-corrected chi connectivity index (χ2v) is 9.21. The van der Waals surface area contributed by atoms with E-state index in [1.54, 1.807) is 6.26 Å². The number of fused-ring (bicyclic) bond motifs is 1. The molecule has 0 amide bonds. The normalized spacial score (nSPS) is 24.8. The first-order valence-corrected chi connectivity index (χ1v) is 11.8. The summed E-state index contributed by atoms with van der Waals surface area (Å²) in [6, 6.07) is 0. The number of aromatic nitrogens is 4. The summed E-state index contributed by atoms with van der Waals surface area (Å²) < 4.78 is 36.0. The Morgan fingerprint density at radius 1 is 1.22 bits per heavy atom. The molecule has 2 aromatic rings. The van der Waals surface area contributed by atoms with Gasteiger partial charge in [-0.15, -0.1) is 0 Å². The number of aliphatic hydroxyl groups is 2. The van der Waals surface area contributed by atoms with Crippen molar-refractivity contribution in [3.8, 4) is 0 Å². The Morgan fingerprint density at radius 2 is 1.84 bits per heavy atom. The first-order valence-electron chi connectivity index (χ1n) is 7.66. The summed E-state index contributed by atoms with van der Waals surface area (Å²) in [5.41, 5.74) is 6.22. The van der Waals surface area contributed by atoms with Gasteiger partial charge in [0.05, 0.1) is 20.8 Å². The van der Waals surface area contributed by atoms with Gasteiger partial charge in [-0.05, 0) is 6.26 Å². The Morgan fingerprint density at radius 3 is 2.41 bits per heavy atom. The van der Waals surface area contributed by atoms with Crippen LogP contribution in [0.25, 0.3) is 11.2 Å². The Labute approximate surface area is 251 Å². The molecular formula is C11H14N5Na3O10P2S. The average Bonchev–Trinajstić information content (AvgIpc) is 3.13. The van der Waals surface area contributed by atoms with Crippen LogP contribution in [0.15, 0.2) is 11.5 Å². The van der Waals surface area contributed by atoms with Crippen molar-refractivity contribution < 1.29 is 136 Å². The number of rotatable bonds is 7. The molecule has 1 aliphatic heterocycles. The minimum Gasteiger partial charge on any atom is -0.790 e. The van der Waals surface area contributed by atoms with E-state index >= 15 is 0 Å². The minimum absolute atomic E-state index is 0. The number of imidazole rings is 1. The van der Waals surface area contributed by atoms with Gasteiger partial charge in [-0.25, -0.2) is 15.0 Å². The molecule has 32 heavy (non-hydrogen) atoms. The molecule has 0 saturated carbocycles. The first-order chi connectivity index (χ1) is 13.4. The van der Waals surface area contributed by atoms with E-state index in [0.29, 0.717) is 5.16 Å². The summed E-state index contributed by atoms with van der Waals surface area (Å²) in [5.74, 6) is 0.0788. The number of phosphoric acid groups is 2. The monoisotopic (exact) mass is 539 g/mol. The first kappa shape index (κ1) is 33.8. The zero-order valence-corrected chi connectivity index (χ0v) is 26.0. The van der Waals surface area contributed by atoms with E-state index in [4.69, 9.17) is 10.5 Å². The number of aliphatic hydroxyl groups excluding tert-OH is 2. The maximum Gasteiger partial charge on any atom is 1.00 e. The van der Waals surface area contributed by atoms with Crippen molar-refractivity contribution in [3.05, 3.63) is 6.33 Å². The number of nitrogens with zero attached hydrogens (tertiary/aromatic N) is 4. The Balaban J connectivity index is 0.00000320. The quantitative estimate of drug-likeness (QED) is 0.128. The summed E-state index contributed by atoms with van der Waals surface area (Å²) in [7, 11) is -11.4. The van der Waals surface area contributed by atoms with Gasteiger partial charge < -0.3 is 44.5 Å². The molecule has 0 spiro atoms. The van der Waals surface area contributed by atoms with Crippen LogP contribution in [0.2, 0.25) is 0 Å². The van der Waals surface area contributed by atoms with Crippen LogP contribution in [0.5, 0.6) is 0 Å². The van der Waals surface area contributed by atoms with Crippen LogP contribution in [0.1, 0.15) is 6.23 Å². The standard InChI is InChI=1S/C11H17N5O10P2S.3Na/c1-29-11-14-8(12)5-9(15-11)16(3-13-5)10-7(18)6(17)4(25-10)2-24-28(22,23)26-27(19,20)21;;;/h3-4,6-7,10,17-18H,2H2,1H3,(H,22,23)(H2,12,14,15)(H2,19,20,21);;;/q;3*+1/p-3/t4-,6-,7-,10-;;;/m0.../s1. The number of ether oxygens (including phenoxy) is 1. The van der Waals surface area contributed by atoms with Gasteiger partial charge in [0.15, 0.2) is 22.8 Å². The third-order valence-electron chi connectivity index (χ3n) is 3.82. The number of anilines is 1. The zero-order valence-electron chi connectivity index (χ0n) is 17.4. The molecule has 0 aromatic carbocycles. The minimum atomic E-state index is -5.86. The van der Waals surface area contributed by atoms with Crippen molar-refractivity contribution in [1.82, 2.24) is 19.5 Å². The van der Waals surface area contributed by atoms with Crippen molar-refractivity contribution in [2.45, 2.75) is 29.7 Å². The molecular weight excluding hydrogens is 525 g/mol. The van der Waals surface area contributed by atoms with Crippen molar-refractivity contribution in [2.24, 2.45) is 0 Å². The zero-order chi connectivity index (χ0) is 21.6. The fourth-order valence-corrected chi connectivity index (χ4v) is 4.47. The summed E-state index contributed by atoms with van der Waals surface area (Å²) >= 11 is 1.20. The molecule has 21 heteroatoms. The van der Waals surface area contributed by atoms with Gasteiger partial charge in [-0.3, -0.25) is 13.4 Å². The number of thioether (sulfide) groups is 1. The maximum atomic E-state index is 11.3. The summed E-state index contributed by atoms with van der Waals surface area (Å²) in [4.78, 5) is 44.5. The van der Waals surface area contributed by atoms with Crippen LogP contribution in [0, 0.1) is 0 Å². The van der Waals surface area contributed by atoms with Crippen molar-refractivity contribution >= 4 is 44.4 Å². The molecule has 4 N–H and O–H groups in total. The SMILES string of the molecule is CSc1nc(N)c2ncn([C@H]3O[C@@H](COP(=O)([O-])OP(=O)([O-])[O-])[C@H](O)[C@@H]3O)c2n1.[Na+].[Na+].[Na+]. The predicted molar refractivity (Wildman–Crippen MR) is 89.7 cm³/mol. The maximum absolute atomic E-state index is 11.3. The van der Waals surface area contributed by atoms with Crippen molar-refractivity contribution in [1.29, 1.82) is 0 Å². The van der Waals surface area contributed by atoms with Crippen molar-refractivity contribution in [3.63, 3.8) is 0 Å². The number of nitrogens with two attached hydrogens (primary N) is 1. The van der Waals surface area contributed by atoms with Crippen LogP contribution in [-0.4, -0.2) is 60.9 Å². The molecule has 15 nitrogen and oxygen atoms in total. The van der Waals surface area contributed by atoms with Crippen LogP contribution in [-0.2, 0) is 22.7 Å². The van der Waals surface area contributed by atoms with Crippen molar-refractivity contribution in [2.75, 3.05) is 18.6 Å². The molecule has 1 unspecified atom stereocenters. The summed E-state index contributed by atoms with van der Waals surface area (Å²) in [5, 5.41) is 20.7. The van der Waals surface area contributed by atoms with E-state index in [2.05, 4.69) is 23.8 Å². The summed E-state index contributed by atoms with van der Waals surface area (Å²) in [6.45, 7) is -0.935. The second-order valence-electron chi connectivity index (χ2n) is 5.74. The van der Waals surface area contributed by atoms with E-state index in [0.717, 1.165) is 0 Å². The average molecular weight is 539 g/mol. The second kappa shape index (κ2) is 13.4. The van der Waals surface area contributed by atoms with E-state index in [-0.39, 0.29) is 106 Å². The molecule has 0 aliphatic carbocycles. The third-order valence-corrected chi connectivity index (χ3v) is 6.43. The Bertz CT molecular complexity index is 1010. The topological polar surface area (TPSA) is 241 Å². The molecule has 0 radical (unpaired) electrons. The van der Waals surface area contributed by atoms with Gasteiger partial charge in [0.1, 0.15) is 23.8 Å². The fraction of sp³-hybridized carbons (Fsp3) is 0.545. The molecule has 1 aliphatic rings. The predicted octanol–water partition coefficient (Wildman–Crippen LogP) is -11.9. The van der Waals surface area contributed by atoms with Crippen LogP contribution < -0.4 is 109 Å². The molecule has 162 valence electrons. The molecule has 1 saturated heterocycles. The Kier molecular flexibility index (Phi) is 14.2. The molecule has 0 bridgehead atoms. The fourth-order valence-electron chi connectivity index (χ4n) is 2.60. The van der Waals surface area contributed by atoms with Gasteiger partial charge >= 0.3 is 88.7 Å². The molecule has 5 atom stereocenters. The van der Waals surface area contributed by atoms with E-state index in [9.17, 15) is 34.0 Å². The van der Waals surface area contributed by atoms with Crippen LogP contribution >= 0.6 is 27.4 Å². The third kappa shape index (κ3) is 8.18. The molecule has 2 aromatic heterocycles. The van der Waals surface area contributed by atoms with E-state index < -0.39 is 46.8 Å². The van der Waals surface area contributed by atoms with E-state index in [1.165, 1.54) is 22.7 Å². The van der Waals surface area contributed by atoms with Gasteiger partial charge in [0.2, 0.25) is 0 Å². The van der Waals surface area contributed by atoms with Gasteiger partial charge in [0.25, 0.3) is 7.82 Å². The van der Waals surface area contributed by atoms with Gasteiger partial charge in [-0.2, -0.15) is 0 Å².